The van der Waals surface area contributed by atoms with Gasteiger partial charge in [-0.05, 0) is 67.8 Å². The van der Waals surface area contributed by atoms with Crippen LogP contribution in [0.5, 0.6) is 0 Å². The molecule has 1 heterocycles. The Hall–Kier alpha value is -3.11. The van der Waals surface area contributed by atoms with Crippen LogP contribution in [0.15, 0.2) is 76.6 Å². The molecule has 0 aliphatic heterocycles. The fourth-order valence-electron chi connectivity index (χ4n) is 4.21. The largest absolute Gasteiger partial charge is 0.380 e. The number of hydrogen-bond donors (Lipinski definition) is 0. The van der Waals surface area contributed by atoms with E-state index in [9.17, 15) is 13.2 Å². The standard InChI is InChI=1S/C28H31N3O4S2/c1-5-35-16-15-31-26-21(3)17-20(2)18-25(26)36-28(31)29-27(32)23-11-13-24(14-12-23)37(33,34)30(4)19-22-9-7-6-8-10-22/h6-14,17-18H,5,15-16,19H2,1-4H3. The van der Waals surface area contributed by atoms with Gasteiger partial charge >= 0.3 is 0 Å². The van der Waals surface area contributed by atoms with Crippen LogP contribution in [0.3, 0.4) is 0 Å². The Labute approximate surface area is 221 Å². The number of nitrogens with zero attached hydrogens (tertiary/aromatic N) is 3. The fraction of sp³-hybridized carbons (Fsp3) is 0.286. The number of rotatable bonds is 9. The Balaban J connectivity index is 1.62. The second-order valence-electron chi connectivity index (χ2n) is 8.85. The number of carbonyl (C=O) groups excluding carboxylic acids is 1. The van der Waals surface area contributed by atoms with Crippen molar-refractivity contribution in [1.82, 2.24) is 8.87 Å². The van der Waals surface area contributed by atoms with E-state index < -0.39 is 15.9 Å². The predicted molar refractivity (Wildman–Crippen MR) is 147 cm³/mol. The van der Waals surface area contributed by atoms with Gasteiger partial charge in [0.15, 0.2) is 4.80 Å². The molecule has 0 radical (unpaired) electrons. The molecule has 0 saturated heterocycles. The maximum Gasteiger partial charge on any atom is 0.279 e. The summed E-state index contributed by atoms with van der Waals surface area (Å²) in [6, 6.07) is 19.6. The summed E-state index contributed by atoms with van der Waals surface area (Å²) in [6.45, 7) is 8.01. The lowest BCUT2D eigenvalue weighted by atomic mass is 10.1. The zero-order chi connectivity index (χ0) is 26.6. The van der Waals surface area contributed by atoms with Gasteiger partial charge in [0.05, 0.1) is 21.7 Å². The maximum absolute atomic E-state index is 13.1. The van der Waals surface area contributed by atoms with Gasteiger partial charge in [0.1, 0.15) is 0 Å². The molecule has 0 saturated carbocycles. The van der Waals surface area contributed by atoms with Gasteiger partial charge in [0.25, 0.3) is 5.91 Å². The molecule has 1 aromatic heterocycles. The van der Waals surface area contributed by atoms with Crippen molar-refractivity contribution in [2.45, 2.75) is 38.8 Å². The van der Waals surface area contributed by atoms with Gasteiger partial charge < -0.3 is 9.30 Å². The van der Waals surface area contributed by atoms with Crippen LogP contribution in [0.4, 0.5) is 0 Å². The van der Waals surface area contributed by atoms with Crippen LogP contribution in [0.1, 0.15) is 34.0 Å². The van der Waals surface area contributed by atoms with Gasteiger partial charge in [0.2, 0.25) is 10.0 Å². The zero-order valence-electron chi connectivity index (χ0n) is 21.5. The van der Waals surface area contributed by atoms with E-state index in [2.05, 4.69) is 24.0 Å². The highest BCUT2D eigenvalue weighted by Crippen LogP contribution is 2.23. The second-order valence-corrected chi connectivity index (χ2v) is 11.9. The van der Waals surface area contributed by atoms with E-state index in [4.69, 9.17) is 4.74 Å². The minimum absolute atomic E-state index is 0.127. The fourth-order valence-corrected chi connectivity index (χ4v) is 6.60. The summed E-state index contributed by atoms with van der Waals surface area (Å²) in [5.41, 5.74) is 4.53. The van der Waals surface area contributed by atoms with Crippen molar-refractivity contribution in [3.05, 3.63) is 93.8 Å². The van der Waals surface area contributed by atoms with Crippen LogP contribution in [0, 0.1) is 13.8 Å². The molecule has 0 atom stereocenters. The molecule has 37 heavy (non-hydrogen) atoms. The summed E-state index contributed by atoms with van der Waals surface area (Å²) in [7, 11) is -2.16. The summed E-state index contributed by atoms with van der Waals surface area (Å²) in [5, 5.41) is 0. The van der Waals surface area contributed by atoms with E-state index in [1.54, 1.807) is 7.05 Å². The topological polar surface area (TPSA) is 81.0 Å². The first-order valence-electron chi connectivity index (χ1n) is 12.1. The maximum atomic E-state index is 13.1. The Bertz CT molecular complexity index is 1570. The number of benzene rings is 3. The van der Waals surface area contributed by atoms with Gasteiger partial charge in [-0.2, -0.15) is 9.30 Å². The lowest BCUT2D eigenvalue weighted by molar-refractivity contribution is 0.0996. The molecule has 4 aromatic rings. The Morgan fingerprint density at radius 1 is 1.05 bits per heavy atom. The second kappa shape index (κ2) is 11.5. The molecule has 0 N–H and O–H groups in total. The number of fused-ring (bicyclic) bond motifs is 1. The van der Waals surface area contributed by atoms with E-state index in [1.807, 2.05) is 48.7 Å². The summed E-state index contributed by atoms with van der Waals surface area (Å²) < 4.78 is 36.0. The number of thiazole rings is 1. The number of ether oxygens (including phenoxy) is 1. The minimum Gasteiger partial charge on any atom is -0.380 e. The zero-order valence-corrected chi connectivity index (χ0v) is 23.1. The quantitative estimate of drug-likeness (QED) is 0.284. The Morgan fingerprint density at radius 3 is 2.43 bits per heavy atom. The smallest absolute Gasteiger partial charge is 0.279 e. The van der Waals surface area contributed by atoms with Crippen molar-refractivity contribution in [2.24, 2.45) is 4.99 Å². The first kappa shape index (κ1) is 26.9. The number of aryl methyl sites for hydroxylation is 2. The van der Waals surface area contributed by atoms with Gasteiger partial charge in [-0.3, -0.25) is 4.79 Å². The van der Waals surface area contributed by atoms with Crippen LogP contribution in [-0.4, -0.2) is 43.5 Å². The molecule has 194 valence electrons. The van der Waals surface area contributed by atoms with E-state index in [0.29, 0.717) is 30.1 Å². The average molecular weight is 538 g/mol. The lowest BCUT2D eigenvalue weighted by Crippen LogP contribution is -2.26. The highest BCUT2D eigenvalue weighted by Gasteiger charge is 2.21. The summed E-state index contributed by atoms with van der Waals surface area (Å²) in [5.74, 6) is -0.423. The third-order valence-corrected chi connectivity index (χ3v) is 8.87. The normalized spacial score (nSPS) is 12.5. The average Bonchev–Trinajstić information content (AvgIpc) is 3.21. The number of aromatic nitrogens is 1. The molecule has 1 amide bonds. The monoisotopic (exact) mass is 537 g/mol. The molecule has 0 bridgehead atoms. The number of carbonyl (C=O) groups is 1. The molecule has 0 fully saturated rings. The number of hydrogen-bond acceptors (Lipinski definition) is 5. The van der Waals surface area contributed by atoms with Crippen molar-refractivity contribution >= 4 is 37.5 Å². The minimum atomic E-state index is -3.71. The molecule has 0 unspecified atom stereocenters. The van der Waals surface area contributed by atoms with Crippen LogP contribution < -0.4 is 4.80 Å². The molecule has 7 nitrogen and oxygen atoms in total. The summed E-state index contributed by atoms with van der Waals surface area (Å²) >= 11 is 1.46. The molecule has 0 aliphatic rings. The molecular weight excluding hydrogens is 506 g/mol. The van der Waals surface area contributed by atoms with Crippen molar-refractivity contribution in [1.29, 1.82) is 0 Å². The van der Waals surface area contributed by atoms with E-state index in [0.717, 1.165) is 26.9 Å². The molecule has 4 rings (SSSR count). The summed E-state index contributed by atoms with van der Waals surface area (Å²) in [4.78, 5) is 18.2. The van der Waals surface area contributed by atoms with Gasteiger partial charge in [-0.25, -0.2) is 8.42 Å². The van der Waals surface area contributed by atoms with E-state index in [1.165, 1.54) is 39.9 Å². The predicted octanol–water partition coefficient (Wildman–Crippen LogP) is 4.92. The van der Waals surface area contributed by atoms with Gasteiger partial charge in [0, 0.05) is 32.3 Å². The summed E-state index contributed by atoms with van der Waals surface area (Å²) in [6.07, 6.45) is 0. The van der Waals surface area contributed by atoms with E-state index in [-0.39, 0.29) is 11.4 Å². The van der Waals surface area contributed by atoms with Crippen LogP contribution in [-0.2, 0) is 27.8 Å². The van der Waals surface area contributed by atoms with Crippen molar-refractivity contribution in [2.75, 3.05) is 20.3 Å². The molecule has 0 spiro atoms. The molecule has 3 aromatic carbocycles. The van der Waals surface area contributed by atoms with E-state index >= 15 is 0 Å². The highest BCUT2D eigenvalue weighted by molar-refractivity contribution is 7.89. The SMILES string of the molecule is CCOCCn1c(=NC(=O)c2ccc(S(=O)(=O)N(C)Cc3ccccc3)cc2)sc2cc(C)cc(C)c21. The molecule has 9 heteroatoms. The van der Waals surface area contributed by atoms with Crippen LogP contribution in [0.2, 0.25) is 0 Å². The molecule has 0 aliphatic carbocycles. The molecular formula is C28H31N3O4S2. The third kappa shape index (κ3) is 6.07. The first-order chi connectivity index (χ1) is 17.7. The lowest BCUT2D eigenvalue weighted by Gasteiger charge is -2.17. The van der Waals surface area contributed by atoms with Crippen molar-refractivity contribution < 1.29 is 17.9 Å². The highest BCUT2D eigenvalue weighted by atomic mass is 32.2. The van der Waals surface area contributed by atoms with Crippen molar-refractivity contribution in [3.63, 3.8) is 0 Å². The van der Waals surface area contributed by atoms with Crippen LogP contribution >= 0.6 is 11.3 Å². The van der Waals surface area contributed by atoms with Gasteiger partial charge in [-0.15, -0.1) is 0 Å². The number of sulfonamides is 1. The van der Waals surface area contributed by atoms with Crippen LogP contribution in [0.25, 0.3) is 10.2 Å². The first-order valence-corrected chi connectivity index (χ1v) is 14.3. The Kier molecular flexibility index (Phi) is 8.39. The third-order valence-electron chi connectivity index (χ3n) is 6.03. The number of amides is 1. The Morgan fingerprint density at radius 2 is 1.76 bits per heavy atom. The van der Waals surface area contributed by atoms with Crippen molar-refractivity contribution in [3.8, 4) is 0 Å². The van der Waals surface area contributed by atoms with Gasteiger partial charge in [-0.1, -0.05) is 47.7 Å².